The van der Waals surface area contributed by atoms with E-state index in [0.717, 1.165) is 17.5 Å². The summed E-state index contributed by atoms with van der Waals surface area (Å²) in [6.45, 7) is 3.48. The van der Waals surface area contributed by atoms with Crippen molar-refractivity contribution in [3.63, 3.8) is 0 Å². The molecule has 6 heteroatoms. The molecule has 3 N–H and O–H groups in total. The Balaban J connectivity index is 2.12. The molecule has 0 saturated carbocycles. The van der Waals surface area contributed by atoms with Gasteiger partial charge in [-0.1, -0.05) is 0 Å². The minimum absolute atomic E-state index is 0.0405. The predicted octanol–water partition coefficient (Wildman–Crippen LogP) is 0.00110. The first-order chi connectivity index (χ1) is 10.1. The minimum atomic E-state index is -0.374. The second-order valence-corrected chi connectivity index (χ2v) is 4.72. The van der Waals surface area contributed by atoms with Crippen LogP contribution in [-0.4, -0.2) is 26.1 Å². The number of nitrogens with two attached hydrogens (primary N) is 1. The van der Waals surface area contributed by atoms with Crippen molar-refractivity contribution in [1.29, 1.82) is 0 Å². The van der Waals surface area contributed by atoms with Gasteiger partial charge >= 0.3 is 5.63 Å². The van der Waals surface area contributed by atoms with Crippen molar-refractivity contribution in [1.82, 2.24) is 5.32 Å². The fourth-order valence-corrected chi connectivity index (χ4v) is 2.11. The standard InChI is InChI=1S/C15H18N2O4/c1-10(18)17-6-5-16-9-11-7-15(19)21-14-8-12(20-2)3-4-13(11)14/h3-4,7-8,16H,5-6,9H2,1-2H3,(H,17,18)/p+1. The Kier molecular flexibility index (Phi) is 4.94. The van der Waals surface area contributed by atoms with E-state index in [4.69, 9.17) is 9.15 Å². The Morgan fingerprint density at radius 2 is 2.19 bits per heavy atom. The SMILES string of the molecule is COc1ccc2c(C[NH2+]CCNC(C)=O)cc(=O)oc2c1. The summed E-state index contributed by atoms with van der Waals surface area (Å²) in [5.41, 5.74) is 1.06. The van der Waals surface area contributed by atoms with Gasteiger partial charge in [0.2, 0.25) is 5.91 Å². The number of nitrogens with one attached hydrogen (secondary N) is 1. The van der Waals surface area contributed by atoms with E-state index in [9.17, 15) is 9.59 Å². The number of carbonyl (C=O) groups is 1. The molecule has 0 atom stereocenters. The first kappa shape index (κ1) is 15.1. The van der Waals surface area contributed by atoms with Gasteiger partial charge in [0.05, 0.1) is 20.2 Å². The Bertz CT molecular complexity index is 694. The zero-order valence-electron chi connectivity index (χ0n) is 12.1. The molecule has 6 nitrogen and oxygen atoms in total. The smallest absolute Gasteiger partial charge is 0.336 e. The summed E-state index contributed by atoms with van der Waals surface area (Å²) in [5.74, 6) is 0.610. The van der Waals surface area contributed by atoms with Crippen LogP contribution in [0.4, 0.5) is 0 Å². The highest BCUT2D eigenvalue weighted by Gasteiger charge is 2.08. The number of hydrogen-bond donors (Lipinski definition) is 2. The van der Waals surface area contributed by atoms with E-state index >= 15 is 0 Å². The largest absolute Gasteiger partial charge is 0.497 e. The molecular formula is C15H19N2O4+. The first-order valence-electron chi connectivity index (χ1n) is 6.77. The summed E-state index contributed by atoms with van der Waals surface area (Å²) >= 11 is 0. The van der Waals surface area contributed by atoms with Gasteiger partial charge in [-0.15, -0.1) is 0 Å². The van der Waals surface area contributed by atoms with Crippen molar-refractivity contribution in [2.45, 2.75) is 13.5 Å². The third-order valence-corrected chi connectivity index (χ3v) is 3.12. The van der Waals surface area contributed by atoms with Crippen molar-refractivity contribution in [3.8, 4) is 5.75 Å². The number of rotatable bonds is 6. The Morgan fingerprint density at radius 1 is 1.38 bits per heavy atom. The van der Waals surface area contributed by atoms with E-state index in [2.05, 4.69) is 5.32 Å². The van der Waals surface area contributed by atoms with E-state index in [-0.39, 0.29) is 11.5 Å². The number of hydrogen-bond acceptors (Lipinski definition) is 4. The van der Waals surface area contributed by atoms with Crippen LogP contribution >= 0.6 is 0 Å². The van der Waals surface area contributed by atoms with Crippen molar-refractivity contribution in [3.05, 3.63) is 40.2 Å². The maximum Gasteiger partial charge on any atom is 0.336 e. The number of methoxy groups -OCH3 is 1. The molecule has 0 aliphatic carbocycles. The van der Waals surface area contributed by atoms with Crippen LogP contribution in [0.3, 0.4) is 0 Å². The highest BCUT2D eigenvalue weighted by atomic mass is 16.5. The van der Waals surface area contributed by atoms with Crippen LogP contribution in [0.5, 0.6) is 5.75 Å². The number of carbonyl (C=O) groups excluding carboxylic acids is 1. The first-order valence-corrected chi connectivity index (χ1v) is 6.77. The molecule has 0 aliphatic heterocycles. The maximum atomic E-state index is 11.6. The van der Waals surface area contributed by atoms with Crippen molar-refractivity contribution in [2.24, 2.45) is 0 Å². The average Bonchev–Trinajstić information content (AvgIpc) is 2.45. The molecule has 0 radical (unpaired) electrons. The fraction of sp³-hybridized carbons (Fsp3) is 0.333. The van der Waals surface area contributed by atoms with E-state index in [1.54, 1.807) is 13.2 Å². The Hall–Kier alpha value is -2.34. The number of fused-ring (bicyclic) bond motifs is 1. The van der Waals surface area contributed by atoms with Gasteiger partial charge in [0.15, 0.2) is 0 Å². The molecule has 112 valence electrons. The van der Waals surface area contributed by atoms with Crippen LogP contribution in [0.15, 0.2) is 33.5 Å². The van der Waals surface area contributed by atoms with Crippen LogP contribution in [0, 0.1) is 0 Å². The number of benzene rings is 1. The van der Waals surface area contributed by atoms with Crippen molar-refractivity contribution >= 4 is 16.9 Å². The second kappa shape index (κ2) is 6.90. The zero-order valence-corrected chi connectivity index (χ0v) is 12.1. The van der Waals surface area contributed by atoms with Gasteiger partial charge in [-0.05, 0) is 12.1 Å². The lowest BCUT2D eigenvalue weighted by atomic mass is 10.1. The highest BCUT2D eigenvalue weighted by Crippen LogP contribution is 2.21. The topological polar surface area (TPSA) is 85.1 Å². The molecule has 0 fully saturated rings. The summed E-state index contributed by atoms with van der Waals surface area (Å²) < 4.78 is 10.3. The summed E-state index contributed by atoms with van der Waals surface area (Å²) in [5, 5.41) is 5.66. The number of amides is 1. The normalized spacial score (nSPS) is 10.6. The third kappa shape index (κ3) is 4.06. The predicted molar refractivity (Wildman–Crippen MR) is 78.2 cm³/mol. The van der Waals surface area contributed by atoms with Gasteiger partial charge in [0.25, 0.3) is 0 Å². The van der Waals surface area contributed by atoms with Crippen LogP contribution in [0.25, 0.3) is 11.0 Å². The van der Waals surface area contributed by atoms with Gasteiger partial charge < -0.3 is 19.8 Å². The minimum Gasteiger partial charge on any atom is -0.497 e. The molecule has 0 bridgehead atoms. The van der Waals surface area contributed by atoms with E-state index < -0.39 is 0 Å². The molecule has 2 rings (SSSR count). The van der Waals surface area contributed by atoms with Gasteiger partial charge in [0.1, 0.15) is 17.9 Å². The van der Waals surface area contributed by atoms with Gasteiger partial charge in [-0.25, -0.2) is 4.79 Å². The Labute approximate surface area is 122 Å². The zero-order chi connectivity index (χ0) is 15.2. The molecule has 0 unspecified atom stereocenters. The van der Waals surface area contributed by atoms with E-state index in [1.807, 2.05) is 17.4 Å². The molecule has 0 aliphatic rings. The Morgan fingerprint density at radius 3 is 2.90 bits per heavy atom. The van der Waals surface area contributed by atoms with E-state index in [1.165, 1.54) is 13.0 Å². The molecule has 2 aromatic rings. The summed E-state index contributed by atoms with van der Waals surface area (Å²) in [6, 6.07) is 6.93. The number of quaternary nitrogens is 1. The monoisotopic (exact) mass is 291 g/mol. The second-order valence-electron chi connectivity index (χ2n) is 4.72. The van der Waals surface area contributed by atoms with E-state index in [0.29, 0.717) is 24.4 Å². The number of ether oxygens (including phenoxy) is 1. The maximum absolute atomic E-state index is 11.6. The summed E-state index contributed by atoms with van der Waals surface area (Å²) in [4.78, 5) is 22.4. The average molecular weight is 291 g/mol. The van der Waals surface area contributed by atoms with Crippen LogP contribution in [0.2, 0.25) is 0 Å². The lowest BCUT2D eigenvalue weighted by molar-refractivity contribution is -0.668. The van der Waals surface area contributed by atoms with Gasteiger partial charge in [-0.3, -0.25) is 4.79 Å². The fourth-order valence-electron chi connectivity index (χ4n) is 2.11. The molecule has 1 aromatic heterocycles. The van der Waals surface area contributed by atoms with Crippen LogP contribution in [-0.2, 0) is 11.3 Å². The van der Waals surface area contributed by atoms with Crippen LogP contribution < -0.4 is 21.0 Å². The lowest BCUT2D eigenvalue weighted by Crippen LogP contribution is -2.84. The highest BCUT2D eigenvalue weighted by molar-refractivity contribution is 5.81. The van der Waals surface area contributed by atoms with Gasteiger partial charge in [-0.2, -0.15) is 0 Å². The molecule has 0 saturated heterocycles. The van der Waals surface area contributed by atoms with Gasteiger partial charge in [0, 0.05) is 30.0 Å². The summed E-state index contributed by atoms with van der Waals surface area (Å²) in [6.07, 6.45) is 0. The lowest BCUT2D eigenvalue weighted by Gasteiger charge is -2.06. The molecule has 1 aromatic carbocycles. The third-order valence-electron chi connectivity index (χ3n) is 3.12. The summed E-state index contributed by atoms with van der Waals surface area (Å²) in [7, 11) is 1.57. The van der Waals surface area contributed by atoms with Crippen molar-refractivity contribution in [2.75, 3.05) is 20.2 Å². The molecule has 1 heterocycles. The quantitative estimate of drug-likeness (QED) is 0.579. The molecule has 21 heavy (non-hydrogen) atoms. The van der Waals surface area contributed by atoms with Crippen molar-refractivity contribution < 1.29 is 19.3 Å². The van der Waals surface area contributed by atoms with Crippen LogP contribution in [0.1, 0.15) is 12.5 Å². The molecule has 1 amide bonds. The molecule has 0 spiro atoms. The molecular weight excluding hydrogens is 272 g/mol.